The van der Waals surface area contributed by atoms with Crippen molar-refractivity contribution >= 4 is 28.8 Å². The lowest BCUT2D eigenvalue weighted by Gasteiger charge is -2.24. The second-order valence-corrected chi connectivity index (χ2v) is 10.9. The van der Waals surface area contributed by atoms with Crippen LogP contribution in [0.2, 0.25) is 0 Å². The van der Waals surface area contributed by atoms with Gasteiger partial charge in [-0.05, 0) is 41.5 Å². The van der Waals surface area contributed by atoms with E-state index in [0.717, 1.165) is 11.1 Å². The summed E-state index contributed by atoms with van der Waals surface area (Å²) in [6.45, 7) is 0.502. The number of aromatic amines is 1. The van der Waals surface area contributed by atoms with Crippen LogP contribution in [-0.4, -0.2) is 70.7 Å². The summed E-state index contributed by atoms with van der Waals surface area (Å²) in [5, 5.41) is 6.36. The fourth-order valence-electron chi connectivity index (χ4n) is 6.13. The van der Waals surface area contributed by atoms with Gasteiger partial charge in [0.2, 0.25) is 11.8 Å². The van der Waals surface area contributed by atoms with Crippen molar-refractivity contribution in [2.45, 2.75) is 30.7 Å². The van der Waals surface area contributed by atoms with E-state index in [1.807, 2.05) is 18.2 Å². The van der Waals surface area contributed by atoms with E-state index in [4.69, 9.17) is 9.47 Å². The molecule has 1 atom stereocenters. The Morgan fingerprint density at radius 3 is 2.58 bits per heavy atom. The highest BCUT2D eigenvalue weighted by atomic mass is 19.3. The van der Waals surface area contributed by atoms with Crippen molar-refractivity contribution < 1.29 is 32.6 Å². The van der Waals surface area contributed by atoms with E-state index < -0.39 is 36.1 Å². The van der Waals surface area contributed by atoms with Crippen LogP contribution in [0.15, 0.2) is 66.9 Å². The Hall–Kier alpha value is -4.68. The Morgan fingerprint density at radius 2 is 1.77 bits per heavy atom. The molecule has 1 unspecified atom stereocenters. The molecule has 3 aliphatic rings. The molecule has 3 N–H and O–H groups in total. The van der Waals surface area contributed by atoms with Gasteiger partial charge in [-0.25, -0.2) is 4.98 Å². The van der Waals surface area contributed by atoms with Gasteiger partial charge in [-0.15, -0.1) is 0 Å². The number of rotatable bonds is 6. The Labute approximate surface area is 244 Å². The summed E-state index contributed by atoms with van der Waals surface area (Å²) < 4.78 is 41.4. The number of hydrogen-bond acceptors (Lipinski definition) is 6. The third-order valence-electron chi connectivity index (χ3n) is 8.20. The zero-order valence-corrected chi connectivity index (χ0v) is 22.9. The lowest BCUT2D eigenvalue weighted by Crippen LogP contribution is -2.49. The van der Waals surface area contributed by atoms with Crippen molar-refractivity contribution in [2.75, 3.05) is 26.3 Å². The van der Waals surface area contributed by atoms with Crippen LogP contribution in [-0.2, 0) is 31.5 Å². The second kappa shape index (κ2) is 10.2. The first-order chi connectivity index (χ1) is 20.7. The number of carbonyl (C=O) groups is 3. The van der Waals surface area contributed by atoms with Crippen molar-refractivity contribution in [3.05, 3.63) is 89.2 Å². The fourth-order valence-corrected chi connectivity index (χ4v) is 6.13. The number of aromatic nitrogens is 2. The van der Waals surface area contributed by atoms with Crippen LogP contribution >= 0.6 is 0 Å². The van der Waals surface area contributed by atoms with Crippen molar-refractivity contribution in [3.8, 4) is 11.1 Å². The van der Waals surface area contributed by atoms with Crippen molar-refractivity contribution in [1.29, 1.82) is 0 Å². The van der Waals surface area contributed by atoms with Gasteiger partial charge in [-0.1, -0.05) is 30.3 Å². The topological polar surface area (TPSA) is 126 Å². The third kappa shape index (κ3) is 4.72. The van der Waals surface area contributed by atoms with Gasteiger partial charge in [-0.3, -0.25) is 14.4 Å². The van der Waals surface area contributed by atoms with E-state index in [1.54, 1.807) is 24.4 Å². The summed E-state index contributed by atoms with van der Waals surface area (Å²) in [7, 11) is 0. The number of pyridine rings is 1. The van der Waals surface area contributed by atoms with Gasteiger partial charge in [0.05, 0.1) is 32.8 Å². The number of nitrogens with zero attached hydrogens (tertiary/aromatic N) is 2. The number of halogens is 2. The van der Waals surface area contributed by atoms with Crippen LogP contribution < -0.4 is 10.6 Å². The third-order valence-corrected chi connectivity index (χ3v) is 8.20. The first kappa shape index (κ1) is 27.2. The quantitative estimate of drug-likeness (QED) is 0.319. The normalized spacial score (nSPS) is 19.4. The zero-order chi connectivity index (χ0) is 29.8. The minimum absolute atomic E-state index is 0.0286. The molecule has 1 aliphatic carbocycles. The van der Waals surface area contributed by atoms with Gasteiger partial charge >= 0.3 is 0 Å². The highest BCUT2D eigenvalue weighted by molar-refractivity contribution is 5.99. The molecule has 2 aromatic heterocycles. The molecule has 12 heteroatoms. The Balaban J connectivity index is 1.04. The number of benzene rings is 2. The van der Waals surface area contributed by atoms with E-state index in [9.17, 15) is 23.2 Å². The lowest BCUT2D eigenvalue weighted by atomic mass is 10.0. The van der Waals surface area contributed by atoms with E-state index in [0.29, 0.717) is 24.4 Å². The maximum absolute atomic E-state index is 14.9. The molecule has 0 radical (unpaired) electrons. The number of carbonyl (C=O) groups excluding carboxylic acids is 3. The van der Waals surface area contributed by atoms with Gasteiger partial charge < -0.3 is 30.0 Å². The molecule has 2 fully saturated rings. The molecule has 10 nitrogen and oxygen atoms in total. The first-order valence-corrected chi connectivity index (χ1v) is 13.9. The van der Waals surface area contributed by atoms with Crippen LogP contribution in [0, 0.1) is 0 Å². The molecule has 2 aliphatic heterocycles. The number of alkyl halides is 2. The molecule has 43 heavy (non-hydrogen) atoms. The first-order valence-electron chi connectivity index (χ1n) is 13.9. The van der Waals surface area contributed by atoms with E-state index >= 15 is 0 Å². The molecule has 220 valence electrons. The van der Waals surface area contributed by atoms with Crippen LogP contribution in [0.5, 0.6) is 0 Å². The Bertz CT molecular complexity index is 1730. The SMILES string of the molecule is O=C(NCC(=O)N1CC2(CC1C(=O)NCc1cc3cccnc3[nH]1)OCCO2)c1ccc2c(c1)-c1ccccc1C2(F)F. The minimum atomic E-state index is -3.16. The fraction of sp³-hybridized carbons (Fsp3) is 0.290. The molecule has 2 aromatic carbocycles. The summed E-state index contributed by atoms with van der Waals surface area (Å²) in [5.74, 6) is -5.74. The number of ether oxygens (including phenoxy) is 2. The van der Waals surface area contributed by atoms with Gasteiger partial charge in [0, 0.05) is 40.4 Å². The summed E-state index contributed by atoms with van der Waals surface area (Å²) >= 11 is 0. The molecule has 3 amide bonds. The average molecular weight is 588 g/mol. The molecule has 0 saturated carbocycles. The average Bonchev–Trinajstić information content (AvgIpc) is 3.79. The van der Waals surface area contributed by atoms with Crippen molar-refractivity contribution in [2.24, 2.45) is 0 Å². The number of fused-ring (bicyclic) bond motifs is 4. The van der Waals surface area contributed by atoms with Crippen LogP contribution in [0.4, 0.5) is 8.78 Å². The largest absolute Gasteiger partial charge is 0.349 e. The lowest BCUT2D eigenvalue weighted by molar-refractivity contribution is -0.152. The van der Waals surface area contributed by atoms with E-state index in [-0.39, 0.29) is 47.7 Å². The summed E-state index contributed by atoms with van der Waals surface area (Å²) in [6.07, 6.45) is 1.82. The Kier molecular flexibility index (Phi) is 6.47. The predicted molar refractivity (Wildman–Crippen MR) is 150 cm³/mol. The van der Waals surface area contributed by atoms with Crippen LogP contribution in [0.25, 0.3) is 22.2 Å². The summed E-state index contributed by atoms with van der Waals surface area (Å²) in [6, 6.07) is 14.9. The van der Waals surface area contributed by atoms with Gasteiger partial charge in [-0.2, -0.15) is 8.78 Å². The molecule has 2 saturated heterocycles. The highest BCUT2D eigenvalue weighted by Gasteiger charge is 2.52. The number of nitrogens with one attached hydrogen (secondary N) is 3. The van der Waals surface area contributed by atoms with Crippen molar-refractivity contribution in [1.82, 2.24) is 25.5 Å². The van der Waals surface area contributed by atoms with E-state index in [1.165, 1.54) is 29.2 Å². The number of likely N-dealkylation sites (tertiary alicyclic amines) is 1. The summed E-state index contributed by atoms with van der Waals surface area (Å²) in [4.78, 5) is 48.5. The monoisotopic (exact) mass is 587 g/mol. The van der Waals surface area contributed by atoms with Gasteiger partial charge in [0.1, 0.15) is 11.7 Å². The maximum atomic E-state index is 14.9. The van der Waals surface area contributed by atoms with E-state index in [2.05, 4.69) is 20.6 Å². The molecule has 7 rings (SSSR count). The van der Waals surface area contributed by atoms with Gasteiger partial charge in [0.25, 0.3) is 11.8 Å². The van der Waals surface area contributed by atoms with Crippen molar-refractivity contribution in [3.63, 3.8) is 0 Å². The number of amides is 3. The minimum Gasteiger partial charge on any atom is -0.349 e. The second-order valence-electron chi connectivity index (χ2n) is 10.9. The number of hydrogen-bond donors (Lipinski definition) is 3. The smallest absolute Gasteiger partial charge is 0.299 e. The molecule has 1 spiro atoms. The summed E-state index contributed by atoms with van der Waals surface area (Å²) in [5.41, 5.74) is 1.96. The Morgan fingerprint density at radius 1 is 0.977 bits per heavy atom. The molecule has 4 aromatic rings. The molecular formula is C31H27F2N5O5. The standard InChI is InChI=1S/C31H27F2N5O5/c32-31(33)23-6-2-1-5-21(23)22-13-19(7-8-24(22)31)28(40)36-16-26(39)38-17-30(42-10-11-43-30)14-25(38)29(41)35-15-20-12-18-4-3-9-34-27(18)37-20/h1-9,12-13,25H,10-11,14-17H2,(H,34,37)(H,35,41)(H,36,40). The molecular weight excluding hydrogens is 560 g/mol. The predicted octanol–water partition coefficient (Wildman–Crippen LogP) is 3.07. The zero-order valence-electron chi connectivity index (χ0n) is 22.9. The van der Waals surface area contributed by atoms with Crippen LogP contribution in [0.1, 0.15) is 33.6 Å². The molecule has 0 bridgehead atoms. The molecule has 4 heterocycles. The maximum Gasteiger partial charge on any atom is 0.299 e. The number of H-pyrrole nitrogens is 1. The highest BCUT2D eigenvalue weighted by Crippen LogP contribution is 2.50. The van der Waals surface area contributed by atoms with Gasteiger partial charge in [0.15, 0.2) is 5.79 Å². The van der Waals surface area contributed by atoms with Crippen LogP contribution in [0.3, 0.4) is 0 Å².